The third-order valence-corrected chi connectivity index (χ3v) is 3.67. The van der Waals surface area contributed by atoms with E-state index >= 15 is 0 Å². The number of likely N-dealkylation sites (tertiary alicyclic amines) is 1. The van der Waals surface area contributed by atoms with Crippen LogP contribution < -0.4 is 5.32 Å². The van der Waals surface area contributed by atoms with Crippen molar-refractivity contribution in [1.29, 1.82) is 0 Å². The quantitative estimate of drug-likeness (QED) is 0.372. The highest BCUT2D eigenvalue weighted by molar-refractivity contribution is 14.0. The highest BCUT2D eigenvalue weighted by atomic mass is 127. The molecule has 1 N–H and O–H groups in total. The number of halogens is 1. The lowest BCUT2D eigenvalue weighted by Gasteiger charge is -2.23. The Bertz CT molecular complexity index is 375. The maximum atomic E-state index is 11.8. The Morgan fingerprint density at radius 1 is 1.43 bits per heavy atom. The van der Waals surface area contributed by atoms with Crippen LogP contribution in [-0.4, -0.2) is 75.2 Å². The van der Waals surface area contributed by atoms with Crippen molar-refractivity contribution in [3.63, 3.8) is 0 Å². The Kier molecular flexibility index (Phi) is 11.6. The molecule has 0 radical (unpaired) electrons. The fourth-order valence-corrected chi connectivity index (χ4v) is 2.29. The Hall–Kier alpha value is -0.570. The van der Waals surface area contributed by atoms with E-state index in [4.69, 9.17) is 4.74 Å². The summed E-state index contributed by atoms with van der Waals surface area (Å²) in [7, 11) is 3.51. The molecule has 23 heavy (non-hydrogen) atoms. The van der Waals surface area contributed by atoms with Crippen molar-refractivity contribution in [3.8, 4) is 0 Å². The average molecular weight is 440 g/mol. The molecule has 1 fully saturated rings. The number of likely N-dealkylation sites (N-methyl/N-ethyl adjacent to an activating group) is 1. The van der Waals surface area contributed by atoms with Crippen LogP contribution in [0.3, 0.4) is 0 Å². The molecule has 0 bridgehead atoms. The number of ether oxygens (including phenoxy) is 1. The summed E-state index contributed by atoms with van der Waals surface area (Å²) >= 11 is 0. The molecular weight excluding hydrogens is 407 g/mol. The first-order chi connectivity index (χ1) is 10.4. The Morgan fingerprint density at radius 3 is 2.70 bits per heavy atom. The zero-order valence-corrected chi connectivity index (χ0v) is 17.5. The fraction of sp³-hybridized carbons (Fsp3) is 0.875. The van der Waals surface area contributed by atoms with Gasteiger partial charge in [-0.25, -0.2) is 4.99 Å². The van der Waals surface area contributed by atoms with E-state index in [0.29, 0.717) is 11.8 Å². The molecule has 0 aliphatic carbocycles. The van der Waals surface area contributed by atoms with Crippen LogP contribution in [-0.2, 0) is 9.53 Å². The summed E-state index contributed by atoms with van der Waals surface area (Å²) in [6, 6.07) is 0. The van der Waals surface area contributed by atoms with Gasteiger partial charge in [-0.1, -0.05) is 13.8 Å². The average Bonchev–Trinajstić information content (AvgIpc) is 2.93. The number of nitrogens with one attached hydrogen (secondary N) is 1. The Balaban J connectivity index is 0.00000484. The first-order valence-corrected chi connectivity index (χ1v) is 8.25. The zero-order valence-electron chi connectivity index (χ0n) is 15.2. The topological polar surface area (TPSA) is 57.2 Å². The van der Waals surface area contributed by atoms with Crippen molar-refractivity contribution < 1.29 is 9.53 Å². The van der Waals surface area contributed by atoms with Crippen molar-refractivity contribution in [2.75, 3.05) is 53.5 Å². The molecule has 7 heteroatoms. The molecule has 6 nitrogen and oxygen atoms in total. The number of rotatable bonds is 7. The van der Waals surface area contributed by atoms with Gasteiger partial charge >= 0.3 is 0 Å². The summed E-state index contributed by atoms with van der Waals surface area (Å²) in [6.45, 7) is 10.9. The third kappa shape index (κ3) is 8.74. The van der Waals surface area contributed by atoms with E-state index in [1.54, 1.807) is 19.0 Å². The second-order valence-electron chi connectivity index (χ2n) is 6.46. The second kappa shape index (κ2) is 11.9. The van der Waals surface area contributed by atoms with Gasteiger partial charge in [0.25, 0.3) is 0 Å². The number of amides is 1. The van der Waals surface area contributed by atoms with E-state index in [0.717, 1.165) is 45.2 Å². The van der Waals surface area contributed by atoms with Crippen LogP contribution in [0.1, 0.15) is 27.2 Å². The first kappa shape index (κ1) is 22.4. The van der Waals surface area contributed by atoms with Gasteiger partial charge in [-0.2, -0.15) is 0 Å². The lowest BCUT2D eigenvalue weighted by atomic mass is 10.1. The van der Waals surface area contributed by atoms with Gasteiger partial charge in [0.2, 0.25) is 5.91 Å². The molecule has 0 aromatic rings. The third-order valence-electron chi connectivity index (χ3n) is 3.67. The summed E-state index contributed by atoms with van der Waals surface area (Å²) in [5.41, 5.74) is 0. The smallest absolute Gasteiger partial charge is 0.243 e. The predicted molar refractivity (Wildman–Crippen MR) is 105 cm³/mol. The molecule has 1 atom stereocenters. The summed E-state index contributed by atoms with van der Waals surface area (Å²) in [5.74, 6) is 1.96. The largest absolute Gasteiger partial charge is 0.381 e. The van der Waals surface area contributed by atoms with Gasteiger partial charge in [0.1, 0.15) is 6.54 Å². The number of carbonyl (C=O) groups excluding carboxylic acids is 1. The number of guanidine groups is 1. The number of hydrogen-bond donors (Lipinski definition) is 1. The Morgan fingerprint density at radius 2 is 2.13 bits per heavy atom. The van der Waals surface area contributed by atoms with Crippen LogP contribution in [0.15, 0.2) is 4.99 Å². The molecule has 1 saturated heterocycles. The van der Waals surface area contributed by atoms with E-state index < -0.39 is 0 Å². The predicted octanol–water partition coefficient (Wildman–Crippen LogP) is 1.65. The van der Waals surface area contributed by atoms with Crippen molar-refractivity contribution in [3.05, 3.63) is 0 Å². The minimum atomic E-state index is 0. The van der Waals surface area contributed by atoms with E-state index in [1.807, 2.05) is 6.92 Å². The first-order valence-electron chi connectivity index (χ1n) is 8.25. The van der Waals surface area contributed by atoms with Gasteiger partial charge in [0.05, 0.1) is 6.61 Å². The number of hydrogen-bond acceptors (Lipinski definition) is 3. The van der Waals surface area contributed by atoms with Crippen LogP contribution in [0, 0.1) is 11.8 Å². The molecule has 1 unspecified atom stereocenters. The standard InChI is InChI=1S/C16H32N4O2.HI/c1-6-22-12-14-7-8-20(11-14)16(17-9-13(2)3)18-10-15(21)19(4)5;/h13-14H,6-12H2,1-5H3,(H,17,18);1H. The molecule has 1 aliphatic heterocycles. The molecule has 1 amide bonds. The van der Waals surface area contributed by atoms with E-state index in [2.05, 4.69) is 29.1 Å². The summed E-state index contributed by atoms with van der Waals surface area (Å²) in [6.07, 6.45) is 1.12. The van der Waals surface area contributed by atoms with Crippen LogP contribution >= 0.6 is 24.0 Å². The van der Waals surface area contributed by atoms with Gasteiger partial charge in [-0.15, -0.1) is 24.0 Å². The maximum absolute atomic E-state index is 11.8. The van der Waals surface area contributed by atoms with Crippen LogP contribution in [0.2, 0.25) is 0 Å². The van der Waals surface area contributed by atoms with E-state index in [-0.39, 0.29) is 36.4 Å². The van der Waals surface area contributed by atoms with Crippen LogP contribution in [0.4, 0.5) is 0 Å². The Labute approximate surface area is 158 Å². The number of nitrogens with zero attached hydrogens (tertiary/aromatic N) is 3. The van der Waals surface area contributed by atoms with Crippen molar-refractivity contribution in [1.82, 2.24) is 15.1 Å². The summed E-state index contributed by atoms with van der Waals surface area (Å²) < 4.78 is 5.53. The number of carbonyl (C=O) groups is 1. The van der Waals surface area contributed by atoms with Gasteiger partial charge in [-0.3, -0.25) is 4.79 Å². The van der Waals surface area contributed by atoms with E-state index in [1.165, 1.54) is 0 Å². The summed E-state index contributed by atoms with van der Waals surface area (Å²) in [5, 5.41) is 3.40. The van der Waals surface area contributed by atoms with Gasteiger partial charge in [0.15, 0.2) is 5.96 Å². The normalized spacial score (nSPS) is 18.1. The number of aliphatic imine (C=N–C) groups is 1. The minimum Gasteiger partial charge on any atom is -0.381 e. The fourth-order valence-electron chi connectivity index (χ4n) is 2.29. The molecule has 0 saturated carbocycles. The molecule has 1 aliphatic rings. The van der Waals surface area contributed by atoms with Crippen molar-refractivity contribution in [2.24, 2.45) is 16.8 Å². The monoisotopic (exact) mass is 440 g/mol. The van der Waals surface area contributed by atoms with Crippen molar-refractivity contribution in [2.45, 2.75) is 27.2 Å². The molecule has 1 heterocycles. The molecule has 1 rings (SSSR count). The van der Waals surface area contributed by atoms with Crippen LogP contribution in [0.25, 0.3) is 0 Å². The van der Waals surface area contributed by atoms with Crippen molar-refractivity contribution >= 4 is 35.8 Å². The summed E-state index contributed by atoms with van der Waals surface area (Å²) in [4.78, 5) is 20.1. The van der Waals surface area contributed by atoms with Gasteiger partial charge in [0, 0.05) is 46.3 Å². The van der Waals surface area contributed by atoms with Gasteiger partial charge in [-0.05, 0) is 19.3 Å². The molecule has 0 aromatic heterocycles. The second-order valence-corrected chi connectivity index (χ2v) is 6.46. The highest BCUT2D eigenvalue weighted by Crippen LogP contribution is 2.16. The zero-order chi connectivity index (χ0) is 16.5. The lowest BCUT2D eigenvalue weighted by Crippen LogP contribution is -2.42. The maximum Gasteiger partial charge on any atom is 0.243 e. The lowest BCUT2D eigenvalue weighted by molar-refractivity contribution is -0.127. The van der Waals surface area contributed by atoms with Crippen LogP contribution in [0.5, 0.6) is 0 Å². The molecule has 0 spiro atoms. The molecule has 136 valence electrons. The SMILES string of the molecule is CCOCC1CCN(C(=NCC(=O)N(C)C)NCC(C)C)C1.I. The molecular formula is C16H33IN4O2. The van der Waals surface area contributed by atoms with Gasteiger partial charge < -0.3 is 19.9 Å². The highest BCUT2D eigenvalue weighted by Gasteiger charge is 2.25. The molecule has 0 aromatic carbocycles. The van der Waals surface area contributed by atoms with E-state index in [9.17, 15) is 4.79 Å². The minimum absolute atomic E-state index is 0.